The largest absolute Gasteiger partial charge is 0.483 e. The molecule has 1 N–H and O–H groups in total. The molecular formula is C21H20N4O5S. The summed E-state index contributed by atoms with van der Waals surface area (Å²) in [5.41, 5.74) is 3.83. The molecule has 0 unspecified atom stereocenters. The van der Waals surface area contributed by atoms with Crippen molar-refractivity contribution in [1.82, 2.24) is 19.0 Å². The topological polar surface area (TPSA) is 119 Å². The van der Waals surface area contributed by atoms with E-state index < -0.39 is 10.0 Å². The van der Waals surface area contributed by atoms with Crippen LogP contribution in [-0.4, -0.2) is 59.1 Å². The van der Waals surface area contributed by atoms with Crippen molar-refractivity contribution < 1.29 is 22.8 Å². The van der Waals surface area contributed by atoms with Gasteiger partial charge in [-0.25, -0.2) is 12.4 Å². The first-order valence-electron chi connectivity index (χ1n) is 9.47. The fraction of sp³-hybridized carbons (Fsp3) is 0.190. The SMILES string of the molecule is CN1CC=C(c2cn(S(=O)(=O)c3ccc4oncc4c3)c3cccnc23)CC1.O=CO. The molecule has 9 nitrogen and oxygen atoms in total. The number of carboxylic acid groups (broad SMARTS) is 1. The molecule has 4 aromatic rings. The molecule has 0 aliphatic carbocycles. The lowest BCUT2D eigenvalue weighted by molar-refractivity contribution is -0.122. The van der Waals surface area contributed by atoms with Crippen molar-refractivity contribution in [3.63, 3.8) is 0 Å². The number of fused-ring (bicyclic) bond motifs is 2. The van der Waals surface area contributed by atoms with Crippen molar-refractivity contribution in [2.24, 2.45) is 0 Å². The summed E-state index contributed by atoms with van der Waals surface area (Å²) in [6.07, 6.45) is 7.91. The summed E-state index contributed by atoms with van der Waals surface area (Å²) in [6.45, 7) is 1.52. The van der Waals surface area contributed by atoms with Gasteiger partial charge in [0.1, 0.15) is 0 Å². The van der Waals surface area contributed by atoms with Crippen molar-refractivity contribution in [3.05, 3.63) is 60.6 Å². The third kappa shape index (κ3) is 3.82. The minimum absolute atomic E-state index is 0.188. The summed E-state index contributed by atoms with van der Waals surface area (Å²) in [6, 6.07) is 8.29. The number of pyridine rings is 1. The lowest BCUT2D eigenvalue weighted by Gasteiger charge is -2.21. The van der Waals surface area contributed by atoms with Crippen molar-refractivity contribution in [2.45, 2.75) is 11.3 Å². The summed E-state index contributed by atoms with van der Waals surface area (Å²) >= 11 is 0. The number of aromatic nitrogens is 3. The Labute approximate surface area is 178 Å². The molecule has 0 saturated carbocycles. The van der Waals surface area contributed by atoms with Crippen molar-refractivity contribution in [2.75, 3.05) is 20.1 Å². The molecule has 4 heterocycles. The number of rotatable bonds is 3. The number of carbonyl (C=O) groups is 1. The first-order chi connectivity index (χ1) is 15.0. The highest BCUT2D eigenvalue weighted by Gasteiger charge is 2.24. The summed E-state index contributed by atoms with van der Waals surface area (Å²) < 4.78 is 33.2. The minimum Gasteiger partial charge on any atom is -0.483 e. The van der Waals surface area contributed by atoms with Gasteiger partial charge in [0, 0.05) is 36.4 Å². The van der Waals surface area contributed by atoms with Gasteiger partial charge in [-0.1, -0.05) is 11.2 Å². The lowest BCUT2D eigenvalue weighted by Crippen LogP contribution is -2.23. The van der Waals surface area contributed by atoms with E-state index in [4.69, 9.17) is 14.4 Å². The maximum absolute atomic E-state index is 13.4. The second kappa shape index (κ2) is 8.32. The van der Waals surface area contributed by atoms with Crippen LogP contribution in [0.2, 0.25) is 0 Å². The van der Waals surface area contributed by atoms with E-state index in [0.29, 0.717) is 22.0 Å². The van der Waals surface area contributed by atoms with Gasteiger partial charge >= 0.3 is 0 Å². The van der Waals surface area contributed by atoms with Crippen LogP contribution in [-0.2, 0) is 14.8 Å². The average Bonchev–Trinajstić information content (AvgIpc) is 3.39. The Morgan fingerprint density at radius 2 is 2.06 bits per heavy atom. The van der Waals surface area contributed by atoms with E-state index in [0.717, 1.165) is 30.6 Å². The molecule has 1 aliphatic rings. The van der Waals surface area contributed by atoms with Crippen molar-refractivity contribution in [1.29, 1.82) is 0 Å². The van der Waals surface area contributed by atoms with E-state index in [1.165, 1.54) is 10.2 Å². The molecule has 31 heavy (non-hydrogen) atoms. The van der Waals surface area contributed by atoms with Gasteiger partial charge in [0.2, 0.25) is 0 Å². The number of hydrogen-bond acceptors (Lipinski definition) is 7. The predicted molar refractivity (Wildman–Crippen MR) is 115 cm³/mol. The minimum atomic E-state index is -3.79. The number of hydrogen-bond donors (Lipinski definition) is 1. The van der Waals surface area contributed by atoms with Crippen LogP contribution in [0.1, 0.15) is 12.0 Å². The fourth-order valence-corrected chi connectivity index (χ4v) is 5.00. The van der Waals surface area contributed by atoms with Gasteiger partial charge < -0.3 is 14.5 Å². The Morgan fingerprint density at radius 3 is 2.81 bits per heavy atom. The first kappa shape index (κ1) is 20.8. The lowest BCUT2D eigenvalue weighted by atomic mass is 10.0. The van der Waals surface area contributed by atoms with E-state index in [2.05, 4.69) is 28.2 Å². The van der Waals surface area contributed by atoms with Crippen LogP contribution >= 0.6 is 0 Å². The van der Waals surface area contributed by atoms with Crippen molar-refractivity contribution >= 4 is 44.1 Å². The Bertz CT molecular complexity index is 1390. The van der Waals surface area contributed by atoms with Crippen LogP contribution in [0.4, 0.5) is 0 Å². The molecule has 1 aromatic carbocycles. The molecule has 0 atom stereocenters. The number of nitrogens with zero attached hydrogens (tertiary/aromatic N) is 4. The molecule has 160 valence electrons. The molecule has 0 radical (unpaired) electrons. The first-order valence-corrected chi connectivity index (χ1v) is 10.9. The second-order valence-electron chi connectivity index (χ2n) is 7.09. The molecule has 0 amide bonds. The maximum atomic E-state index is 13.4. The molecule has 5 rings (SSSR count). The van der Waals surface area contributed by atoms with Crippen LogP contribution in [0.3, 0.4) is 0 Å². The third-order valence-electron chi connectivity index (χ3n) is 5.16. The molecule has 0 fully saturated rings. The summed E-state index contributed by atoms with van der Waals surface area (Å²) in [7, 11) is -1.72. The highest BCUT2D eigenvalue weighted by atomic mass is 32.2. The fourth-order valence-electron chi connectivity index (χ4n) is 3.60. The van der Waals surface area contributed by atoms with Crippen molar-refractivity contribution in [3.8, 4) is 0 Å². The zero-order chi connectivity index (χ0) is 22.0. The molecule has 10 heteroatoms. The number of likely N-dealkylation sites (N-methyl/N-ethyl adjacent to an activating group) is 1. The highest BCUT2D eigenvalue weighted by molar-refractivity contribution is 7.90. The van der Waals surface area contributed by atoms with Crippen LogP contribution < -0.4 is 0 Å². The Balaban J connectivity index is 0.000000730. The molecule has 0 spiro atoms. The van der Waals surface area contributed by atoms with Gasteiger partial charge in [-0.3, -0.25) is 9.78 Å². The van der Waals surface area contributed by atoms with E-state index in [9.17, 15) is 8.42 Å². The predicted octanol–water partition coefficient (Wildman–Crippen LogP) is 2.83. The zero-order valence-corrected chi connectivity index (χ0v) is 17.5. The van der Waals surface area contributed by atoms with Crippen LogP contribution in [0.15, 0.2) is 64.4 Å². The van der Waals surface area contributed by atoms with Crippen LogP contribution in [0.25, 0.3) is 27.6 Å². The van der Waals surface area contributed by atoms with Gasteiger partial charge in [-0.2, -0.15) is 0 Å². The average molecular weight is 440 g/mol. The van der Waals surface area contributed by atoms with E-state index in [1.54, 1.807) is 42.7 Å². The van der Waals surface area contributed by atoms with E-state index in [1.807, 2.05) is 0 Å². The monoisotopic (exact) mass is 440 g/mol. The van der Waals surface area contributed by atoms with Gasteiger partial charge in [0.25, 0.3) is 16.5 Å². The van der Waals surface area contributed by atoms with Crippen LogP contribution in [0, 0.1) is 0 Å². The highest BCUT2D eigenvalue weighted by Crippen LogP contribution is 2.32. The van der Waals surface area contributed by atoms with Crippen LogP contribution in [0.5, 0.6) is 0 Å². The Morgan fingerprint density at radius 1 is 1.26 bits per heavy atom. The normalized spacial score (nSPS) is 14.8. The van der Waals surface area contributed by atoms with E-state index >= 15 is 0 Å². The second-order valence-corrected chi connectivity index (χ2v) is 8.90. The summed E-state index contributed by atoms with van der Waals surface area (Å²) in [4.78, 5) is 15.3. The van der Waals surface area contributed by atoms with Gasteiger partial charge in [-0.15, -0.1) is 0 Å². The Hall–Kier alpha value is -3.50. The molecule has 0 saturated heterocycles. The summed E-state index contributed by atoms with van der Waals surface area (Å²) in [5.74, 6) is 0. The van der Waals surface area contributed by atoms with E-state index in [-0.39, 0.29) is 11.4 Å². The third-order valence-corrected chi connectivity index (χ3v) is 6.83. The Kier molecular flexibility index (Phi) is 5.57. The van der Waals surface area contributed by atoms with Gasteiger partial charge in [0.15, 0.2) is 5.58 Å². The standard InChI is InChI=1S/C20H18N4O3S.CH2O2/c1-23-9-6-14(7-10-23)17-13-24(18-3-2-8-21-20(17)18)28(25,26)16-4-5-19-15(11-16)12-22-27-19;2-1-3/h2-6,8,11-13H,7,9-10H2,1H3;1H,(H,2,3). The smallest absolute Gasteiger partial charge is 0.290 e. The quantitative estimate of drug-likeness (QED) is 0.483. The zero-order valence-electron chi connectivity index (χ0n) is 16.7. The van der Waals surface area contributed by atoms with Gasteiger partial charge in [-0.05, 0) is 49.4 Å². The maximum Gasteiger partial charge on any atom is 0.290 e. The van der Waals surface area contributed by atoms with Gasteiger partial charge in [0.05, 0.1) is 22.1 Å². The summed E-state index contributed by atoms with van der Waals surface area (Å²) in [5, 5.41) is 11.3. The molecule has 0 bridgehead atoms. The molecule has 3 aromatic heterocycles. The molecular weight excluding hydrogens is 420 g/mol. The number of benzene rings is 1. The molecule has 1 aliphatic heterocycles.